The third-order valence-electron chi connectivity index (χ3n) is 6.41. The van der Waals surface area contributed by atoms with Crippen molar-refractivity contribution in [2.24, 2.45) is 0 Å². The lowest BCUT2D eigenvalue weighted by Crippen LogP contribution is -2.50. The Morgan fingerprint density at radius 3 is 2.56 bits per heavy atom. The summed E-state index contributed by atoms with van der Waals surface area (Å²) in [7, 11) is -3.66. The van der Waals surface area contributed by atoms with E-state index >= 15 is 0 Å². The summed E-state index contributed by atoms with van der Waals surface area (Å²) in [6.07, 6.45) is 2.32. The molecule has 0 aromatic carbocycles. The van der Waals surface area contributed by atoms with Crippen LogP contribution in [0.2, 0.25) is 0 Å². The molecule has 5 rings (SSSR count). The maximum atomic E-state index is 13.2. The number of aromatic nitrogens is 3. The number of piperazine rings is 1. The van der Waals surface area contributed by atoms with Crippen LogP contribution in [0, 0.1) is 13.8 Å². The van der Waals surface area contributed by atoms with Crippen LogP contribution in [0.25, 0.3) is 10.2 Å². The van der Waals surface area contributed by atoms with Crippen molar-refractivity contribution in [2.45, 2.75) is 56.7 Å². The minimum absolute atomic E-state index is 0.143. The van der Waals surface area contributed by atoms with E-state index in [1.165, 1.54) is 16.8 Å². The molecule has 0 radical (unpaired) electrons. The molecular weight excluding hydrogens is 519 g/mol. The topological polar surface area (TPSA) is 120 Å². The average molecular weight is 550 g/mol. The van der Waals surface area contributed by atoms with Gasteiger partial charge in [0.25, 0.3) is 10.0 Å². The summed E-state index contributed by atoms with van der Waals surface area (Å²) in [5.41, 5.74) is 2.65. The molecule has 0 bridgehead atoms. The van der Waals surface area contributed by atoms with Crippen LogP contribution in [0.5, 0.6) is 0 Å². The number of thiazole rings is 1. The van der Waals surface area contributed by atoms with Crippen molar-refractivity contribution in [2.75, 3.05) is 43.4 Å². The molecule has 0 spiro atoms. The van der Waals surface area contributed by atoms with E-state index in [4.69, 9.17) is 9.97 Å². The van der Waals surface area contributed by atoms with Gasteiger partial charge in [0, 0.05) is 51.6 Å². The Morgan fingerprint density at radius 1 is 1.17 bits per heavy atom. The lowest BCUT2D eigenvalue weighted by atomic mass is 10.2. The van der Waals surface area contributed by atoms with Crippen molar-refractivity contribution >= 4 is 59.8 Å². The number of sulfonamides is 1. The summed E-state index contributed by atoms with van der Waals surface area (Å²) in [6.45, 7) is 10.2. The zero-order chi connectivity index (χ0) is 25.6. The first-order chi connectivity index (χ1) is 17.1. The zero-order valence-electron chi connectivity index (χ0n) is 20.9. The molecule has 0 unspecified atom stereocenters. The van der Waals surface area contributed by atoms with Crippen LogP contribution in [0.3, 0.4) is 0 Å². The van der Waals surface area contributed by atoms with Crippen LogP contribution in [0.4, 0.5) is 10.9 Å². The molecule has 1 atom stereocenters. The molecule has 194 valence electrons. The molecule has 1 saturated heterocycles. The number of nitrogens with zero attached hydrogens (tertiary/aromatic N) is 5. The number of nitrogens with one attached hydrogen (secondary N) is 2. The summed E-state index contributed by atoms with van der Waals surface area (Å²) in [4.78, 5) is 27.5. The molecule has 3 aromatic rings. The second kappa shape index (κ2) is 9.93. The highest BCUT2D eigenvalue weighted by Crippen LogP contribution is 2.40. The van der Waals surface area contributed by atoms with Crippen LogP contribution >= 0.6 is 22.7 Å². The fourth-order valence-corrected chi connectivity index (χ4v) is 8.39. The quantitative estimate of drug-likeness (QED) is 0.439. The molecule has 13 heteroatoms. The Hall–Kier alpha value is -2.19. The second-order valence-corrected chi connectivity index (χ2v) is 13.6. The summed E-state index contributed by atoms with van der Waals surface area (Å²) >= 11 is 2.68. The molecule has 36 heavy (non-hydrogen) atoms. The number of aryl methyl sites for hydroxylation is 2. The van der Waals surface area contributed by atoms with Crippen LogP contribution in [0.1, 0.15) is 49.7 Å². The van der Waals surface area contributed by atoms with Crippen LogP contribution in [-0.4, -0.2) is 77.2 Å². The zero-order valence-corrected chi connectivity index (χ0v) is 23.3. The highest BCUT2D eigenvalue weighted by Gasteiger charge is 2.33. The number of carbonyl (C=O) groups is 1. The minimum Gasteiger partial charge on any atom is -0.365 e. The van der Waals surface area contributed by atoms with Gasteiger partial charge in [-0.2, -0.15) is 4.31 Å². The SMILES string of the molecule is CC(=O)Nc1nc(C)c(S(=O)(=O)N2CCN(C[C@H](C)Nc3nc(C4CC4)nc4c(C)csc34)CC2)s1. The maximum absolute atomic E-state index is 13.2. The molecule has 2 fully saturated rings. The Labute approximate surface area is 219 Å². The summed E-state index contributed by atoms with van der Waals surface area (Å²) in [5.74, 6) is 2.06. The number of thiophene rings is 1. The highest BCUT2D eigenvalue weighted by molar-refractivity contribution is 7.91. The van der Waals surface area contributed by atoms with Crippen molar-refractivity contribution in [3.63, 3.8) is 0 Å². The fourth-order valence-electron chi connectivity index (χ4n) is 4.43. The van der Waals surface area contributed by atoms with Crippen molar-refractivity contribution < 1.29 is 13.2 Å². The second-order valence-electron chi connectivity index (χ2n) is 9.62. The Kier molecular flexibility index (Phi) is 7.03. The van der Waals surface area contributed by atoms with E-state index in [1.807, 2.05) is 0 Å². The Bertz CT molecular complexity index is 1390. The third-order valence-corrected chi connectivity index (χ3v) is 11.1. The predicted octanol–water partition coefficient (Wildman–Crippen LogP) is 3.41. The summed E-state index contributed by atoms with van der Waals surface area (Å²) in [6, 6.07) is 0.143. The molecule has 1 aliphatic carbocycles. The number of hydrogen-bond donors (Lipinski definition) is 2. The van der Waals surface area contributed by atoms with Gasteiger partial charge in [0.1, 0.15) is 11.6 Å². The molecule has 1 aliphatic heterocycles. The van der Waals surface area contributed by atoms with Crippen molar-refractivity contribution in [1.29, 1.82) is 0 Å². The summed E-state index contributed by atoms with van der Waals surface area (Å²) in [5, 5.41) is 8.62. The molecule has 10 nitrogen and oxygen atoms in total. The van der Waals surface area contributed by atoms with E-state index in [2.05, 4.69) is 39.7 Å². The van der Waals surface area contributed by atoms with Gasteiger partial charge in [-0.15, -0.1) is 11.3 Å². The molecule has 1 amide bonds. The number of hydrogen-bond acceptors (Lipinski definition) is 10. The standard InChI is InChI=1S/C23H31N7O3S3/c1-13-12-34-19-18(13)27-20(17-5-6-17)28-21(19)24-14(2)11-29-7-9-30(10-8-29)36(32,33)22-15(3)25-23(35-22)26-16(4)31/h12,14,17H,5-11H2,1-4H3,(H,24,27,28)(H,25,26,31)/t14-/m0/s1. The molecule has 3 aromatic heterocycles. The minimum atomic E-state index is -3.66. The van der Waals surface area contributed by atoms with E-state index < -0.39 is 10.0 Å². The molecule has 2 aliphatic rings. The van der Waals surface area contributed by atoms with E-state index in [9.17, 15) is 13.2 Å². The van der Waals surface area contributed by atoms with Gasteiger partial charge in [-0.1, -0.05) is 11.3 Å². The lowest BCUT2D eigenvalue weighted by Gasteiger charge is -2.35. The number of rotatable bonds is 8. The smallest absolute Gasteiger partial charge is 0.254 e. The van der Waals surface area contributed by atoms with E-state index in [-0.39, 0.29) is 16.2 Å². The molecule has 1 saturated carbocycles. The van der Waals surface area contributed by atoms with Crippen molar-refractivity contribution in [3.05, 3.63) is 22.5 Å². The van der Waals surface area contributed by atoms with Crippen LogP contribution < -0.4 is 10.6 Å². The summed E-state index contributed by atoms with van der Waals surface area (Å²) < 4.78 is 29.3. The molecule has 2 N–H and O–H groups in total. The number of carbonyl (C=O) groups excluding carboxylic acids is 1. The first-order valence-electron chi connectivity index (χ1n) is 12.1. The third kappa shape index (κ3) is 5.25. The van der Waals surface area contributed by atoms with Crippen molar-refractivity contribution in [3.8, 4) is 0 Å². The van der Waals surface area contributed by atoms with E-state index in [1.54, 1.807) is 18.3 Å². The largest absolute Gasteiger partial charge is 0.365 e. The first-order valence-corrected chi connectivity index (χ1v) is 15.2. The van der Waals surface area contributed by atoms with Gasteiger partial charge in [-0.05, 0) is 44.6 Å². The Morgan fingerprint density at radius 2 is 1.89 bits per heavy atom. The maximum Gasteiger partial charge on any atom is 0.254 e. The van der Waals surface area contributed by atoms with Gasteiger partial charge >= 0.3 is 0 Å². The van der Waals surface area contributed by atoms with E-state index in [0.717, 1.165) is 52.6 Å². The predicted molar refractivity (Wildman–Crippen MR) is 144 cm³/mol. The van der Waals surface area contributed by atoms with E-state index in [0.29, 0.717) is 42.9 Å². The van der Waals surface area contributed by atoms with Gasteiger partial charge in [-0.25, -0.2) is 23.4 Å². The molecular formula is C23H31N7O3S3. The normalized spacial score (nSPS) is 18.4. The molecule has 4 heterocycles. The monoisotopic (exact) mass is 549 g/mol. The fraction of sp³-hybridized carbons (Fsp3) is 0.565. The number of amides is 1. The van der Waals surface area contributed by atoms with Gasteiger partial charge in [0.05, 0.1) is 15.9 Å². The van der Waals surface area contributed by atoms with Crippen LogP contribution in [-0.2, 0) is 14.8 Å². The Balaban J connectivity index is 1.21. The van der Waals surface area contributed by atoms with Crippen molar-refractivity contribution in [1.82, 2.24) is 24.2 Å². The number of anilines is 2. The van der Waals surface area contributed by atoms with Gasteiger partial charge in [0.15, 0.2) is 9.34 Å². The van der Waals surface area contributed by atoms with Crippen LogP contribution in [0.15, 0.2) is 9.59 Å². The van der Waals surface area contributed by atoms with Gasteiger partial charge < -0.3 is 10.6 Å². The lowest BCUT2D eigenvalue weighted by molar-refractivity contribution is -0.114. The average Bonchev–Trinajstić information content (AvgIpc) is 3.51. The van der Waals surface area contributed by atoms with Gasteiger partial charge in [-0.3, -0.25) is 9.69 Å². The first kappa shape index (κ1) is 25.5. The number of fused-ring (bicyclic) bond motifs is 1. The van der Waals surface area contributed by atoms with Gasteiger partial charge in [0.2, 0.25) is 5.91 Å². The highest BCUT2D eigenvalue weighted by atomic mass is 32.2.